The Morgan fingerprint density at radius 3 is 2.92 bits per heavy atom. The molecular weight excluding hydrogens is 162 g/mol. The highest BCUT2D eigenvalue weighted by Crippen LogP contribution is 2.18. The molecule has 2 aromatic rings. The zero-order valence-electron chi connectivity index (χ0n) is 7.71. The van der Waals surface area contributed by atoms with Gasteiger partial charge in [0.25, 0.3) is 0 Å². The van der Waals surface area contributed by atoms with Crippen molar-refractivity contribution in [2.45, 2.75) is 6.42 Å². The molecule has 2 nitrogen and oxygen atoms in total. The van der Waals surface area contributed by atoms with E-state index in [0.29, 0.717) is 0 Å². The molecule has 0 amide bonds. The minimum atomic E-state index is 0.950. The lowest BCUT2D eigenvalue weighted by atomic mass is 10.2. The second kappa shape index (κ2) is 3.62. The van der Waals surface area contributed by atoms with Gasteiger partial charge in [-0.05, 0) is 19.2 Å². The first-order valence-corrected chi connectivity index (χ1v) is 4.52. The molecule has 1 aromatic carbocycles. The topological polar surface area (TPSA) is 25.2 Å². The van der Waals surface area contributed by atoms with E-state index < -0.39 is 0 Å². The van der Waals surface area contributed by atoms with E-state index in [4.69, 9.17) is 4.42 Å². The smallest absolute Gasteiger partial charge is 0.134 e. The number of hydrogen-bond acceptors (Lipinski definition) is 2. The standard InChI is InChI=1S/C11H13NO/c1-12-7-6-10-8-9-4-2-3-5-11(9)13-10/h2-5,8,12H,6-7H2,1H3. The van der Waals surface area contributed by atoms with Crippen LogP contribution in [0.3, 0.4) is 0 Å². The zero-order chi connectivity index (χ0) is 9.10. The van der Waals surface area contributed by atoms with E-state index in [2.05, 4.69) is 17.4 Å². The van der Waals surface area contributed by atoms with Gasteiger partial charge in [-0.15, -0.1) is 0 Å². The van der Waals surface area contributed by atoms with Crippen LogP contribution >= 0.6 is 0 Å². The summed E-state index contributed by atoms with van der Waals surface area (Å²) in [5.74, 6) is 1.05. The molecular formula is C11H13NO. The lowest BCUT2D eigenvalue weighted by Crippen LogP contribution is -2.09. The van der Waals surface area contributed by atoms with E-state index in [-0.39, 0.29) is 0 Å². The van der Waals surface area contributed by atoms with Gasteiger partial charge in [0.15, 0.2) is 0 Å². The first-order valence-electron chi connectivity index (χ1n) is 4.52. The van der Waals surface area contributed by atoms with Gasteiger partial charge >= 0.3 is 0 Å². The van der Waals surface area contributed by atoms with Crippen molar-refractivity contribution in [2.75, 3.05) is 13.6 Å². The highest BCUT2D eigenvalue weighted by molar-refractivity contribution is 5.77. The molecule has 0 aliphatic heterocycles. The molecule has 0 unspecified atom stereocenters. The van der Waals surface area contributed by atoms with Crippen LogP contribution in [0.2, 0.25) is 0 Å². The van der Waals surface area contributed by atoms with Gasteiger partial charge in [-0.25, -0.2) is 0 Å². The first kappa shape index (κ1) is 8.32. The van der Waals surface area contributed by atoms with E-state index in [1.54, 1.807) is 0 Å². The normalized spacial score (nSPS) is 10.8. The van der Waals surface area contributed by atoms with E-state index >= 15 is 0 Å². The largest absolute Gasteiger partial charge is 0.461 e. The van der Waals surface area contributed by atoms with Crippen LogP contribution in [0, 0.1) is 0 Å². The summed E-state index contributed by atoms with van der Waals surface area (Å²) in [6.07, 6.45) is 0.950. The summed E-state index contributed by atoms with van der Waals surface area (Å²) < 4.78 is 5.63. The third-order valence-corrected chi connectivity index (χ3v) is 2.10. The van der Waals surface area contributed by atoms with Crippen molar-refractivity contribution in [3.63, 3.8) is 0 Å². The van der Waals surface area contributed by atoms with E-state index in [9.17, 15) is 0 Å². The predicted octanol–water partition coefficient (Wildman–Crippen LogP) is 2.19. The number of hydrogen-bond donors (Lipinski definition) is 1. The molecule has 68 valence electrons. The highest BCUT2D eigenvalue weighted by atomic mass is 16.3. The minimum absolute atomic E-state index is 0.950. The van der Waals surface area contributed by atoms with Crippen molar-refractivity contribution in [2.24, 2.45) is 0 Å². The number of rotatable bonds is 3. The molecule has 1 heterocycles. The molecule has 13 heavy (non-hydrogen) atoms. The van der Waals surface area contributed by atoms with Crippen LogP contribution in [0.15, 0.2) is 34.7 Å². The van der Waals surface area contributed by atoms with Crippen LogP contribution in [-0.4, -0.2) is 13.6 Å². The number of furan rings is 1. The number of likely N-dealkylation sites (N-methyl/N-ethyl adjacent to an activating group) is 1. The molecule has 0 fully saturated rings. The van der Waals surface area contributed by atoms with Gasteiger partial charge in [-0.2, -0.15) is 0 Å². The Kier molecular flexibility index (Phi) is 2.32. The lowest BCUT2D eigenvalue weighted by molar-refractivity contribution is 0.541. The molecule has 0 saturated heterocycles. The fourth-order valence-electron chi connectivity index (χ4n) is 1.41. The summed E-state index contributed by atoms with van der Waals surface area (Å²) >= 11 is 0. The van der Waals surface area contributed by atoms with Gasteiger partial charge in [-0.1, -0.05) is 18.2 Å². The average molecular weight is 175 g/mol. The summed E-state index contributed by atoms with van der Waals surface area (Å²) in [6.45, 7) is 0.958. The second-order valence-electron chi connectivity index (χ2n) is 3.10. The molecule has 0 aliphatic rings. The monoisotopic (exact) mass is 175 g/mol. The molecule has 1 aromatic heterocycles. The van der Waals surface area contributed by atoms with Crippen LogP contribution in [0.5, 0.6) is 0 Å². The van der Waals surface area contributed by atoms with Crippen LogP contribution in [0.25, 0.3) is 11.0 Å². The van der Waals surface area contributed by atoms with Gasteiger partial charge in [0.05, 0.1) is 0 Å². The fraction of sp³-hybridized carbons (Fsp3) is 0.273. The average Bonchev–Trinajstić information content (AvgIpc) is 2.57. The van der Waals surface area contributed by atoms with Crippen molar-refractivity contribution < 1.29 is 4.42 Å². The first-order chi connectivity index (χ1) is 6.40. The third kappa shape index (κ3) is 1.73. The number of benzene rings is 1. The van der Waals surface area contributed by atoms with Gasteiger partial charge in [0, 0.05) is 18.4 Å². The second-order valence-corrected chi connectivity index (χ2v) is 3.10. The molecule has 0 spiro atoms. The predicted molar refractivity (Wildman–Crippen MR) is 53.8 cm³/mol. The number of fused-ring (bicyclic) bond motifs is 1. The summed E-state index contributed by atoms with van der Waals surface area (Å²) in [7, 11) is 1.95. The minimum Gasteiger partial charge on any atom is -0.461 e. The molecule has 1 N–H and O–H groups in total. The third-order valence-electron chi connectivity index (χ3n) is 2.10. The van der Waals surface area contributed by atoms with Gasteiger partial charge < -0.3 is 9.73 Å². The lowest BCUT2D eigenvalue weighted by Gasteiger charge is -1.93. The zero-order valence-corrected chi connectivity index (χ0v) is 7.71. The molecule has 2 rings (SSSR count). The summed E-state index contributed by atoms with van der Waals surface area (Å²) in [4.78, 5) is 0. The fourth-order valence-corrected chi connectivity index (χ4v) is 1.41. The van der Waals surface area contributed by atoms with Gasteiger partial charge in [0.1, 0.15) is 11.3 Å². The van der Waals surface area contributed by atoms with E-state index in [0.717, 1.165) is 24.3 Å². The summed E-state index contributed by atoms with van der Waals surface area (Å²) in [5, 5.41) is 4.29. The highest BCUT2D eigenvalue weighted by Gasteiger charge is 2.00. The van der Waals surface area contributed by atoms with Crippen LogP contribution < -0.4 is 5.32 Å². The van der Waals surface area contributed by atoms with Crippen molar-refractivity contribution in [1.82, 2.24) is 5.32 Å². The SMILES string of the molecule is CNCCc1cc2ccccc2o1. The van der Waals surface area contributed by atoms with E-state index in [1.807, 2.05) is 25.2 Å². The van der Waals surface area contributed by atoms with Gasteiger partial charge in [-0.3, -0.25) is 0 Å². The summed E-state index contributed by atoms with van der Waals surface area (Å²) in [5.41, 5.74) is 0.980. The Bertz CT molecular complexity index is 359. The Morgan fingerprint density at radius 1 is 1.31 bits per heavy atom. The van der Waals surface area contributed by atoms with Crippen molar-refractivity contribution in [3.8, 4) is 0 Å². The molecule has 0 bridgehead atoms. The van der Waals surface area contributed by atoms with Crippen molar-refractivity contribution >= 4 is 11.0 Å². The van der Waals surface area contributed by atoms with Crippen molar-refractivity contribution in [1.29, 1.82) is 0 Å². The molecule has 2 heteroatoms. The van der Waals surface area contributed by atoms with Crippen LogP contribution in [-0.2, 0) is 6.42 Å². The Hall–Kier alpha value is -1.28. The Morgan fingerprint density at radius 2 is 2.15 bits per heavy atom. The Balaban J connectivity index is 2.28. The Labute approximate surface area is 77.6 Å². The molecule has 0 radical (unpaired) electrons. The number of para-hydroxylation sites is 1. The van der Waals surface area contributed by atoms with E-state index in [1.165, 1.54) is 5.39 Å². The maximum Gasteiger partial charge on any atom is 0.134 e. The molecule has 0 saturated carbocycles. The van der Waals surface area contributed by atoms with Crippen molar-refractivity contribution in [3.05, 3.63) is 36.1 Å². The molecule has 0 atom stereocenters. The molecule has 0 aliphatic carbocycles. The maximum absolute atomic E-state index is 5.63. The summed E-state index contributed by atoms with van der Waals surface area (Å²) in [6, 6.07) is 10.2. The maximum atomic E-state index is 5.63. The quantitative estimate of drug-likeness (QED) is 0.773. The number of nitrogens with one attached hydrogen (secondary N) is 1. The van der Waals surface area contributed by atoms with Gasteiger partial charge in [0.2, 0.25) is 0 Å². The van der Waals surface area contributed by atoms with Crippen LogP contribution in [0.4, 0.5) is 0 Å². The van der Waals surface area contributed by atoms with Crippen LogP contribution in [0.1, 0.15) is 5.76 Å².